The SMILES string of the molecule is CC1Cc2cc(/C(O)=C3/C(=O)C(=O)N(CCCn4ccnc4)C3c3cccc(Br)c3)ccc2O1. The summed E-state index contributed by atoms with van der Waals surface area (Å²) >= 11 is 3.49. The van der Waals surface area contributed by atoms with Crippen molar-refractivity contribution in [2.75, 3.05) is 6.54 Å². The van der Waals surface area contributed by atoms with E-state index in [4.69, 9.17) is 4.74 Å². The number of hydrogen-bond acceptors (Lipinski definition) is 5. The number of halogens is 1. The van der Waals surface area contributed by atoms with Crippen LogP contribution in [0.3, 0.4) is 0 Å². The number of carbonyl (C=O) groups excluding carboxylic acids is 2. The molecule has 1 saturated heterocycles. The molecule has 0 bridgehead atoms. The standard InChI is InChI=1S/C26H24BrN3O4/c1-16-12-19-13-18(6-7-21(19)34-16)24(31)22-23(17-4-2-5-20(27)14-17)30(26(33)25(22)32)10-3-9-29-11-8-28-15-29/h2,4-8,11,13-16,23,31H,3,9-10,12H2,1H3/b24-22-. The number of nitrogens with zero attached hydrogens (tertiary/aromatic N) is 3. The van der Waals surface area contributed by atoms with Crippen LogP contribution in [0.4, 0.5) is 0 Å². The number of ether oxygens (including phenoxy) is 1. The molecule has 1 amide bonds. The number of aryl methyl sites for hydroxylation is 1. The van der Waals surface area contributed by atoms with Crippen molar-refractivity contribution in [2.45, 2.75) is 38.5 Å². The fourth-order valence-electron chi connectivity index (χ4n) is 4.70. The maximum absolute atomic E-state index is 13.2. The zero-order chi connectivity index (χ0) is 23.8. The van der Waals surface area contributed by atoms with Gasteiger partial charge in [-0.25, -0.2) is 4.98 Å². The molecule has 0 radical (unpaired) electrons. The molecule has 3 aromatic rings. The Hall–Kier alpha value is -3.39. The topological polar surface area (TPSA) is 84.7 Å². The number of benzene rings is 2. The number of hydrogen-bond donors (Lipinski definition) is 1. The van der Waals surface area contributed by atoms with Gasteiger partial charge in [-0.2, -0.15) is 0 Å². The molecule has 2 aliphatic rings. The number of rotatable bonds is 6. The van der Waals surface area contributed by atoms with Gasteiger partial charge in [-0.3, -0.25) is 9.59 Å². The maximum atomic E-state index is 13.2. The van der Waals surface area contributed by atoms with E-state index in [1.54, 1.807) is 23.5 Å². The monoisotopic (exact) mass is 521 g/mol. The van der Waals surface area contributed by atoms with Crippen LogP contribution in [0, 0.1) is 0 Å². The van der Waals surface area contributed by atoms with Crippen molar-refractivity contribution in [1.29, 1.82) is 0 Å². The zero-order valence-corrected chi connectivity index (χ0v) is 20.2. The average molecular weight is 522 g/mol. The molecule has 7 nitrogen and oxygen atoms in total. The van der Waals surface area contributed by atoms with Gasteiger partial charge in [-0.05, 0) is 54.8 Å². The van der Waals surface area contributed by atoms with E-state index in [0.29, 0.717) is 25.1 Å². The lowest BCUT2D eigenvalue weighted by Crippen LogP contribution is -2.31. The summed E-state index contributed by atoms with van der Waals surface area (Å²) in [5.74, 6) is -0.652. The van der Waals surface area contributed by atoms with Crippen molar-refractivity contribution in [3.8, 4) is 5.75 Å². The molecule has 2 unspecified atom stereocenters. The molecule has 2 aliphatic heterocycles. The molecule has 174 valence electrons. The predicted molar refractivity (Wildman–Crippen MR) is 130 cm³/mol. The third kappa shape index (κ3) is 4.14. The van der Waals surface area contributed by atoms with Gasteiger partial charge in [0.05, 0.1) is 17.9 Å². The van der Waals surface area contributed by atoms with Crippen molar-refractivity contribution in [2.24, 2.45) is 0 Å². The highest BCUT2D eigenvalue weighted by atomic mass is 79.9. The molecule has 5 rings (SSSR count). The van der Waals surface area contributed by atoms with Crippen LogP contribution in [0.1, 0.15) is 36.1 Å². The molecule has 2 aromatic carbocycles. The summed E-state index contributed by atoms with van der Waals surface area (Å²) in [4.78, 5) is 31.9. The van der Waals surface area contributed by atoms with Gasteiger partial charge in [0, 0.05) is 41.9 Å². The van der Waals surface area contributed by atoms with Crippen LogP contribution >= 0.6 is 15.9 Å². The number of likely N-dealkylation sites (tertiary alicyclic amines) is 1. The van der Waals surface area contributed by atoms with E-state index >= 15 is 0 Å². The Bertz CT molecular complexity index is 1280. The molecule has 8 heteroatoms. The number of ketones is 1. The third-order valence-electron chi connectivity index (χ3n) is 6.25. The molecule has 3 heterocycles. The lowest BCUT2D eigenvalue weighted by atomic mass is 9.94. The van der Waals surface area contributed by atoms with Crippen molar-refractivity contribution in [3.05, 3.63) is 87.9 Å². The first-order valence-corrected chi connectivity index (χ1v) is 12.0. The number of amides is 1. The van der Waals surface area contributed by atoms with E-state index in [1.807, 2.05) is 54.1 Å². The number of aromatic nitrogens is 2. The molecule has 0 aliphatic carbocycles. The van der Waals surface area contributed by atoms with Crippen LogP contribution in [0.15, 0.2) is 71.2 Å². The van der Waals surface area contributed by atoms with Gasteiger partial charge < -0.3 is 19.3 Å². The van der Waals surface area contributed by atoms with E-state index in [2.05, 4.69) is 20.9 Å². The summed E-state index contributed by atoms with van der Waals surface area (Å²) in [6.07, 6.45) is 6.72. The summed E-state index contributed by atoms with van der Waals surface area (Å²) in [6.45, 7) is 3.02. The van der Waals surface area contributed by atoms with E-state index in [0.717, 1.165) is 27.8 Å². The Kier molecular flexibility index (Phi) is 6.00. The van der Waals surface area contributed by atoms with Crippen molar-refractivity contribution >= 4 is 33.4 Å². The van der Waals surface area contributed by atoms with Crippen LogP contribution in [0.5, 0.6) is 5.75 Å². The summed E-state index contributed by atoms with van der Waals surface area (Å²) < 4.78 is 8.52. The summed E-state index contributed by atoms with van der Waals surface area (Å²) in [6, 6.07) is 12.2. The van der Waals surface area contributed by atoms with Crippen molar-refractivity contribution in [1.82, 2.24) is 14.5 Å². The van der Waals surface area contributed by atoms with Crippen LogP contribution in [-0.4, -0.2) is 43.9 Å². The van der Waals surface area contributed by atoms with Gasteiger partial charge in [-0.15, -0.1) is 0 Å². The van der Waals surface area contributed by atoms with Crippen LogP contribution < -0.4 is 4.74 Å². The fourth-order valence-corrected chi connectivity index (χ4v) is 5.12. The van der Waals surface area contributed by atoms with E-state index in [9.17, 15) is 14.7 Å². The van der Waals surface area contributed by atoms with Crippen molar-refractivity contribution < 1.29 is 19.4 Å². The highest BCUT2D eigenvalue weighted by molar-refractivity contribution is 9.10. The average Bonchev–Trinajstić information content (AvgIpc) is 3.52. The van der Waals surface area contributed by atoms with E-state index in [1.165, 1.54) is 0 Å². The van der Waals surface area contributed by atoms with Gasteiger partial charge in [0.25, 0.3) is 11.7 Å². The highest BCUT2D eigenvalue weighted by Gasteiger charge is 2.45. The van der Waals surface area contributed by atoms with Crippen LogP contribution in [-0.2, 0) is 22.6 Å². The quantitative estimate of drug-likeness (QED) is 0.293. The third-order valence-corrected chi connectivity index (χ3v) is 6.74. The number of imidazole rings is 1. The molecule has 1 aromatic heterocycles. The maximum Gasteiger partial charge on any atom is 0.295 e. The minimum Gasteiger partial charge on any atom is -0.507 e. The zero-order valence-electron chi connectivity index (χ0n) is 18.6. The Morgan fingerprint density at radius 2 is 2.06 bits per heavy atom. The van der Waals surface area contributed by atoms with Gasteiger partial charge in [0.15, 0.2) is 0 Å². The first-order chi connectivity index (χ1) is 16.4. The number of Topliss-reactive ketones (excluding diaryl/α,β-unsaturated/α-hetero) is 1. The number of fused-ring (bicyclic) bond motifs is 1. The second-order valence-electron chi connectivity index (χ2n) is 8.66. The molecule has 1 N–H and O–H groups in total. The Balaban J connectivity index is 1.53. The first kappa shape index (κ1) is 22.4. The minimum absolute atomic E-state index is 0.0649. The molecule has 0 saturated carbocycles. The number of aliphatic hydroxyl groups is 1. The summed E-state index contributed by atoms with van der Waals surface area (Å²) in [7, 11) is 0. The molecule has 34 heavy (non-hydrogen) atoms. The first-order valence-electron chi connectivity index (χ1n) is 11.2. The number of carbonyl (C=O) groups is 2. The second-order valence-corrected chi connectivity index (χ2v) is 9.57. The summed E-state index contributed by atoms with van der Waals surface area (Å²) in [5, 5.41) is 11.3. The Morgan fingerprint density at radius 1 is 1.21 bits per heavy atom. The Morgan fingerprint density at radius 3 is 2.82 bits per heavy atom. The Labute approximate surface area is 205 Å². The highest BCUT2D eigenvalue weighted by Crippen LogP contribution is 2.41. The normalized spacial score (nSPS) is 21.1. The minimum atomic E-state index is -0.677. The van der Waals surface area contributed by atoms with Crippen LogP contribution in [0.2, 0.25) is 0 Å². The molecule has 2 atom stereocenters. The van der Waals surface area contributed by atoms with Gasteiger partial charge in [0.2, 0.25) is 0 Å². The molecular formula is C26H24BrN3O4. The van der Waals surface area contributed by atoms with Crippen molar-refractivity contribution in [3.63, 3.8) is 0 Å². The molecule has 1 fully saturated rings. The lowest BCUT2D eigenvalue weighted by Gasteiger charge is -2.25. The largest absolute Gasteiger partial charge is 0.507 e. The fraction of sp³-hybridized carbons (Fsp3) is 0.269. The van der Waals surface area contributed by atoms with Gasteiger partial charge in [-0.1, -0.05) is 28.1 Å². The molecule has 0 spiro atoms. The van der Waals surface area contributed by atoms with Gasteiger partial charge in [0.1, 0.15) is 17.6 Å². The second kappa shape index (κ2) is 9.10. The lowest BCUT2D eigenvalue weighted by molar-refractivity contribution is -0.139. The van der Waals surface area contributed by atoms with E-state index in [-0.39, 0.29) is 17.4 Å². The van der Waals surface area contributed by atoms with E-state index < -0.39 is 17.7 Å². The van der Waals surface area contributed by atoms with Crippen LogP contribution in [0.25, 0.3) is 5.76 Å². The van der Waals surface area contributed by atoms with Gasteiger partial charge >= 0.3 is 0 Å². The molecular weight excluding hydrogens is 498 g/mol. The number of aliphatic hydroxyl groups excluding tert-OH is 1. The predicted octanol–water partition coefficient (Wildman–Crippen LogP) is 4.48. The smallest absolute Gasteiger partial charge is 0.295 e. The summed E-state index contributed by atoms with van der Waals surface area (Å²) in [5.41, 5.74) is 2.35.